The summed E-state index contributed by atoms with van der Waals surface area (Å²) >= 11 is 0. The number of nitrogens with zero attached hydrogens (tertiary/aromatic N) is 3. The SMILES string of the molecule is Cc1nc(N2CCCC(C(=O)NC3CCS(=O)(=O)C3)C2)c2c(C)c(C)oc2n1. The maximum absolute atomic E-state index is 12.8. The van der Waals surface area contributed by atoms with Crippen molar-refractivity contribution in [3.63, 3.8) is 0 Å². The van der Waals surface area contributed by atoms with Crippen LogP contribution in [0.5, 0.6) is 0 Å². The zero-order chi connectivity index (χ0) is 20.1. The molecule has 0 aliphatic carbocycles. The number of piperidine rings is 1. The molecule has 0 saturated carbocycles. The minimum absolute atomic E-state index is 0.0500. The Bertz CT molecular complexity index is 1030. The second-order valence-corrected chi connectivity index (χ2v) is 10.2. The number of carbonyl (C=O) groups excluding carboxylic acids is 1. The van der Waals surface area contributed by atoms with E-state index in [4.69, 9.17) is 4.42 Å². The lowest BCUT2D eigenvalue weighted by Gasteiger charge is -2.33. The fraction of sp³-hybridized carbons (Fsp3) is 0.632. The van der Waals surface area contributed by atoms with E-state index in [9.17, 15) is 13.2 Å². The Morgan fingerprint density at radius 2 is 2.00 bits per heavy atom. The lowest BCUT2D eigenvalue weighted by Crippen LogP contribution is -2.46. The number of carbonyl (C=O) groups is 1. The molecule has 2 atom stereocenters. The van der Waals surface area contributed by atoms with Gasteiger partial charge in [0.25, 0.3) is 0 Å². The summed E-state index contributed by atoms with van der Waals surface area (Å²) in [6.07, 6.45) is 2.17. The minimum atomic E-state index is -3.01. The van der Waals surface area contributed by atoms with Gasteiger partial charge in [0.05, 0.1) is 22.8 Å². The van der Waals surface area contributed by atoms with Crippen LogP contribution in [0, 0.1) is 26.7 Å². The third-order valence-electron chi connectivity index (χ3n) is 5.79. The van der Waals surface area contributed by atoms with Crippen molar-refractivity contribution in [2.75, 3.05) is 29.5 Å². The molecule has 0 radical (unpaired) electrons. The first-order valence-corrected chi connectivity index (χ1v) is 11.6. The van der Waals surface area contributed by atoms with Gasteiger partial charge in [-0.15, -0.1) is 0 Å². The molecule has 2 fully saturated rings. The number of furan rings is 1. The number of amides is 1. The van der Waals surface area contributed by atoms with Crippen LogP contribution in [0.15, 0.2) is 4.42 Å². The molecular formula is C19H26N4O4S. The fourth-order valence-corrected chi connectivity index (χ4v) is 5.85. The number of hydrogen-bond donors (Lipinski definition) is 1. The number of fused-ring (bicyclic) bond motifs is 1. The normalized spacial score (nSPS) is 24.6. The molecule has 152 valence electrons. The second kappa shape index (κ2) is 7.02. The Kier molecular flexibility index (Phi) is 4.81. The molecule has 2 aliphatic rings. The third-order valence-corrected chi connectivity index (χ3v) is 7.56. The summed E-state index contributed by atoms with van der Waals surface area (Å²) in [5, 5.41) is 3.85. The van der Waals surface area contributed by atoms with Gasteiger partial charge in [-0.1, -0.05) is 0 Å². The van der Waals surface area contributed by atoms with E-state index in [-0.39, 0.29) is 29.4 Å². The molecule has 8 nitrogen and oxygen atoms in total. The predicted molar refractivity (Wildman–Crippen MR) is 106 cm³/mol. The molecule has 2 aliphatic heterocycles. The zero-order valence-corrected chi connectivity index (χ0v) is 17.3. The molecule has 2 unspecified atom stereocenters. The van der Waals surface area contributed by atoms with Crippen molar-refractivity contribution in [3.8, 4) is 0 Å². The summed E-state index contributed by atoms with van der Waals surface area (Å²) in [6.45, 7) is 7.12. The Labute approximate surface area is 164 Å². The summed E-state index contributed by atoms with van der Waals surface area (Å²) in [6, 6.07) is -0.264. The first-order chi connectivity index (χ1) is 13.2. The van der Waals surface area contributed by atoms with Crippen LogP contribution >= 0.6 is 0 Å². The highest BCUT2D eigenvalue weighted by Crippen LogP contribution is 2.33. The molecule has 2 aromatic heterocycles. The van der Waals surface area contributed by atoms with E-state index in [1.165, 1.54) is 0 Å². The first kappa shape index (κ1) is 19.2. The van der Waals surface area contributed by atoms with E-state index in [1.54, 1.807) is 0 Å². The van der Waals surface area contributed by atoms with Gasteiger partial charge in [-0.3, -0.25) is 4.79 Å². The van der Waals surface area contributed by atoms with Gasteiger partial charge in [-0.2, -0.15) is 4.98 Å². The third kappa shape index (κ3) is 3.59. The molecule has 9 heteroatoms. The number of hydrogen-bond acceptors (Lipinski definition) is 7. The topological polar surface area (TPSA) is 105 Å². The Morgan fingerprint density at radius 3 is 2.71 bits per heavy atom. The standard InChI is InChI=1S/C19H26N4O4S/c1-11-12(2)27-19-16(11)17(20-13(3)21-19)23-7-4-5-14(9-23)18(24)22-15-6-8-28(25,26)10-15/h14-15H,4-10H2,1-3H3,(H,22,24). The predicted octanol–water partition coefficient (Wildman–Crippen LogP) is 1.67. The quantitative estimate of drug-likeness (QED) is 0.826. The summed E-state index contributed by atoms with van der Waals surface area (Å²) in [4.78, 5) is 24.0. The average Bonchev–Trinajstić information content (AvgIpc) is 3.12. The summed E-state index contributed by atoms with van der Waals surface area (Å²) in [7, 11) is -3.01. The Hall–Kier alpha value is -2.16. The van der Waals surface area contributed by atoms with Crippen LogP contribution in [0.4, 0.5) is 5.82 Å². The Morgan fingerprint density at radius 1 is 1.21 bits per heavy atom. The van der Waals surface area contributed by atoms with Crippen LogP contribution in [-0.2, 0) is 14.6 Å². The van der Waals surface area contributed by atoms with E-state index in [0.29, 0.717) is 24.5 Å². The molecule has 1 N–H and O–H groups in total. The van der Waals surface area contributed by atoms with Gasteiger partial charge in [0.2, 0.25) is 11.6 Å². The zero-order valence-electron chi connectivity index (χ0n) is 16.5. The number of aromatic nitrogens is 2. The number of aryl methyl sites for hydroxylation is 3. The monoisotopic (exact) mass is 406 g/mol. The van der Waals surface area contributed by atoms with Crippen molar-refractivity contribution in [1.82, 2.24) is 15.3 Å². The van der Waals surface area contributed by atoms with Crippen LogP contribution < -0.4 is 10.2 Å². The summed E-state index contributed by atoms with van der Waals surface area (Å²) < 4.78 is 29.1. The molecule has 0 aromatic carbocycles. The minimum Gasteiger partial charge on any atom is -0.443 e. The van der Waals surface area contributed by atoms with Crippen LogP contribution in [0.2, 0.25) is 0 Å². The maximum Gasteiger partial charge on any atom is 0.231 e. The van der Waals surface area contributed by atoms with E-state index >= 15 is 0 Å². The van der Waals surface area contributed by atoms with Crippen LogP contribution in [0.3, 0.4) is 0 Å². The highest BCUT2D eigenvalue weighted by molar-refractivity contribution is 7.91. The van der Waals surface area contributed by atoms with Crippen LogP contribution in [0.25, 0.3) is 11.1 Å². The van der Waals surface area contributed by atoms with Gasteiger partial charge in [-0.05, 0) is 40.0 Å². The first-order valence-electron chi connectivity index (χ1n) is 9.73. The summed E-state index contributed by atoms with van der Waals surface area (Å²) in [5.41, 5.74) is 1.60. The summed E-state index contributed by atoms with van der Waals surface area (Å²) in [5.74, 6) is 2.24. The van der Waals surface area contributed by atoms with Crippen molar-refractivity contribution < 1.29 is 17.6 Å². The van der Waals surface area contributed by atoms with E-state index in [0.717, 1.165) is 41.9 Å². The molecule has 28 heavy (non-hydrogen) atoms. The average molecular weight is 407 g/mol. The highest BCUT2D eigenvalue weighted by atomic mass is 32.2. The smallest absolute Gasteiger partial charge is 0.231 e. The van der Waals surface area contributed by atoms with Gasteiger partial charge >= 0.3 is 0 Å². The number of anilines is 1. The molecular weight excluding hydrogens is 380 g/mol. The van der Waals surface area contributed by atoms with E-state index < -0.39 is 9.84 Å². The van der Waals surface area contributed by atoms with Crippen molar-refractivity contribution in [3.05, 3.63) is 17.1 Å². The number of sulfone groups is 1. The van der Waals surface area contributed by atoms with Crippen molar-refractivity contribution in [2.24, 2.45) is 5.92 Å². The molecule has 2 aromatic rings. The van der Waals surface area contributed by atoms with Gasteiger partial charge in [0.15, 0.2) is 9.84 Å². The molecule has 2 saturated heterocycles. The van der Waals surface area contributed by atoms with Crippen LogP contribution in [0.1, 0.15) is 36.4 Å². The number of rotatable bonds is 3. The second-order valence-electron chi connectivity index (χ2n) is 7.95. The van der Waals surface area contributed by atoms with Gasteiger partial charge in [-0.25, -0.2) is 13.4 Å². The molecule has 4 heterocycles. The lowest BCUT2D eigenvalue weighted by molar-refractivity contribution is -0.125. The number of nitrogens with one attached hydrogen (secondary N) is 1. The highest BCUT2D eigenvalue weighted by Gasteiger charge is 2.33. The van der Waals surface area contributed by atoms with Crippen molar-refractivity contribution in [1.29, 1.82) is 0 Å². The maximum atomic E-state index is 12.8. The molecule has 0 spiro atoms. The van der Waals surface area contributed by atoms with Crippen molar-refractivity contribution >= 4 is 32.7 Å². The lowest BCUT2D eigenvalue weighted by atomic mass is 9.96. The largest absolute Gasteiger partial charge is 0.443 e. The van der Waals surface area contributed by atoms with E-state index in [2.05, 4.69) is 20.2 Å². The van der Waals surface area contributed by atoms with Gasteiger partial charge in [0, 0.05) is 24.7 Å². The van der Waals surface area contributed by atoms with Crippen LogP contribution in [-0.4, -0.2) is 54.9 Å². The Balaban J connectivity index is 1.54. The molecule has 0 bridgehead atoms. The molecule has 1 amide bonds. The van der Waals surface area contributed by atoms with Gasteiger partial charge < -0.3 is 14.6 Å². The van der Waals surface area contributed by atoms with Crippen molar-refractivity contribution in [2.45, 2.75) is 46.1 Å². The fourth-order valence-electron chi connectivity index (χ4n) is 4.17. The van der Waals surface area contributed by atoms with E-state index in [1.807, 2.05) is 20.8 Å². The molecule has 4 rings (SSSR count). The van der Waals surface area contributed by atoms with Gasteiger partial charge in [0.1, 0.15) is 17.4 Å².